The first-order valence-corrected chi connectivity index (χ1v) is 9.57. The number of nitrogens with zero attached hydrogens (tertiary/aromatic N) is 5. The second kappa shape index (κ2) is 8.81. The van der Waals surface area contributed by atoms with Gasteiger partial charge in [-0.25, -0.2) is 0 Å². The van der Waals surface area contributed by atoms with Crippen molar-refractivity contribution in [1.29, 1.82) is 0 Å². The molecule has 2 heterocycles. The predicted octanol–water partition coefficient (Wildman–Crippen LogP) is 3.65. The van der Waals surface area contributed by atoms with Crippen molar-refractivity contribution >= 4 is 40.6 Å². The van der Waals surface area contributed by atoms with Crippen LogP contribution in [0.3, 0.4) is 0 Å². The Bertz CT molecular complexity index is 1010. The molecule has 9 nitrogen and oxygen atoms in total. The van der Waals surface area contributed by atoms with E-state index in [9.17, 15) is 14.9 Å². The van der Waals surface area contributed by atoms with Gasteiger partial charge in [0.1, 0.15) is 5.69 Å². The largest absolute Gasteiger partial charge is 0.324 e. The molecule has 1 amide bonds. The van der Waals surface area contributed by atoms with Crippen molar-refractivity contribution in [3.05, 3.63) is 57.7 Å². The summed E-state index contributed by atoms with van der Waals surface area (Å²) in [6.45, 7) is 2.56. The van der Waals surface area contributed by atoms with E-state index in [1.54, 1.807) is 6.20 Å². The molecule has 0 aliphatic heterocycles. The molecule has 3 rings (SSSR count). The summed E-state index contributed by atoms with van der Waals surface area (Å²) in [5.74, 6) is 0.296. The minimum absolute atomic E-state index is 0.0410. The van der Waals surface area contributed by atoms with E-state index < -0.39 is 4.92 Å². The smallest absolute Gasteiger partial charge is 0.271 e. The summed E-state index contributed by atoms with van der Waals surface area (Å²) in [5, 5.41) is 22.6. The number of thioether (sulfide) groups is 1. The molecule has 0 bridgehead atoms. The van der Waals surface area contributed by atoms with E-state index in [-0.39, 0.29) is 28.1 Å². The maximum absolute atomic E-state index is 12.3. The third kappa shape index (κ3) is 4.46. The summed E-state index contributed by atoms with van der Waals surface area (Å²) in [6.07, 6.45) is 1.67. The lowest BCUT2D eigenvalue weighted by Crippen LogP contribution is -2.15. The summed E-state index contributed by atoms with van der Waals surface area (Å²) in [6, 6.07) is 9.38. The molecule has 0 radical (unpaired) electrons. The predicted molar refractivity (Wildman–Crippen MR) is 106 cm³/mol. The number of anilines is 1. The monoisotopic (exact) mass is 418 g/mol. The van der Waals surface area contributed by atoms with Crippen LogP contribution < -0.4 is 5.32 Å². The summed E-state index contributed by atoms with van der Waals surface area (Å²) >= 11 is 7.21. The number of pyridine rings is 1. The summed E-state index contributed by atoms with van der Waals surface area (Å²) in [5.41, 5.74) is 0.724. The molecule has 1 aromatic carbocycles. The number of hydrogen-bond acceptors (Lipinski definition) is 7. The zero-order chi connectivity index (χ0) is 20.1. The first kappa shape index (κ1) is 19.8. The normalized spacial score (nSPS) is 10.6. The van der Waals surface area contributed by atoms with Crippen molar-refractivity contribution in [2.24, 2.45) is 0 Å². The lowest BCUT2D eigenvalue weighted by Gasteiger charge is -2.08. The number of amides is 1. The van der Waals surface area contributed by atoms with Gasteiger partial charge in [0, 0.05) is 24.9 Å². The second-order valence-corrected chi connectivity index (χ2v) is 6.87. The molecule has 11 heteroatoms. The highest BCUT2D eigenvalue weighted by Gasteiger charge is 2.16. The van der Waals surface area contributed by atoms with Crippen molar-refractivity contribution in [3.63, 3.8) is 0 Å². The molecule has 0 atom stereocenters. The van der Waals surface area contributed by atoms with Gasteiger partial charge < -0.3 is 9.88 Å². The molecule has 0 fully saturated rings. The number of non-ortho nitro benzene ring substituents is 1. The fourth-order valence-electron chi connectivity index (χ4n) is 2.40. The number of carbonyl (C=O) groups excluding carboxylic acids is 1. The third-order valence-corrected chi connectivity index (χ3v) is 4.99. The summed E-state index contributed by atoms with van der Waals surface area (Å²) in [4.78, 5) is 26.9. The Labute approximate surface area is 169 Å². The SMILES string of the molecule is CCn1c(SCC(=O)Nc2cc([N+](=O)[O-])ccc2Cl)nnc1-c1ccccn1. The zero-order valence-electron chi connectivity index (χ0n) is 14.7. The Morgan fingerprint density at radius 2 is 2.14 bits per heavy atom. The van der Waals surface area contributed by atoms with Crippen LogP contribution in [-0.2, 0) is 11.3 Å². The number of aromatic nitrogens is 4. The van der Waals surface area contributed by atoms with Gasteiger partial charge in [0.2, 0.25) is 5.91 Å². The Hall–Kier alpha value is -2.98. The van der Waals surface area contributed by atoms with E-state index >= 15 is 0 Å². The number of carbonyl (C=O) groups is 1. The minimum atomic E-state index is -0.552. The van der Waals surface area contributed by atoms with Gasteiger partial charge in [0.05, 0.1) is 21.4 Å². The molecular weight excluding hydrogens is 404 g/mol. The van der Waals surface area contributed by atoms with Crippen LogP contribution in [-0.4, -0.2) is 36.3 Å². The molecule has 0 unspecified atom stereocenters. The average Bonchev–Trinajstić information content (AvgIpc) is 3.11. The topological polar surface area (TPSA) is 116 Å². The van der Waals surface area contributed by atoms with Crippen LogP contribution in [0.5, 0.6) is 0 Å². The summed E-state index contributed by atoms with van der Waals surface area (Å²) in [7, 11) is 0. The van der Waals surface area contributed by atoms with Crippen molar-refractivity contribution < 1.29 is 9.72 Å². The highest BCUT2D eigenvalue weighted by molar-refractivity contribution is 7.99. The number of rotatable bonds is 7. The van der Waals surface area contributed by atoms with Crippen molar-refractivity contribution in [3.8, 4) is 11.5 Å². The van der Waals surface area contributed by atoms with Crippen LogP contribution in [0.15, 0.2) is 47.8 Å². The molecule has 2 aromatic heterocycles. The Balaban J connectivity index is 1.70. The molecule has 0 saturated carbocycles. The standard InChI is InChI=1S/C17H15ClN6O3S/c1-2-23-16(13-5-3-4-8-19-13)21-22-17(23)28-10-15(25)20-14-9-11(24(26)27)6-7-12(14)18/h3-9H,2,10H2,1H3,(H,20,25). The van der Waals surface area contributed by atoms with Gasteiger partial charge in [-0.15, -0.1) is 10.2 Å². The third-order valence-electron chi connectivity index (χ3n) is 3.69. The molecule has 28 heavy (non-hydrogen) atoms. The molecule has 1 N–H and O–H groups in total. The van der Waals surface area contributed by atoms with Crippen LogP contribution in [0.4, 0.5) is 11.4 Å². The van der Waals surface area contributed by atoms with Crippen molar-refractivity contribution in [2.75, 3.05) is 11.1 Å². The van der Waals surface area contributed by atoms with Gasteiger partial charge in [-0.1, -0.05) is 29.4 Å². The number of halogens is 1. The van der Waals surface area contributed by atoms with Gasteiger partial charge in [0.25, 0.3) is 5.69 Å². The quantitative estimate of drug-likeness (QED) is 0.353. The van der Waals surface area contributed by atoms with E-state index in [1.165, 1.54) is 30.0 Å². The highest BCUT2D eigenvalue weighted by Crippen LogP contribution is 2.27. The van der Waals surface area contributed by atoms with Gasteiger partial charge in [-0.3, -0.25) is 19.9 Å². The Morgan fingerprint density at radius 1 is 1.32 bits per heavy atom. The average molecular weight is 419 g/mol. The van der Waals surface area contributed by atoms with Crippen LogP contribution in [0.1, 0.15) is 6.92 Å². The number of nitrogens with one attached hydrogen (secondary N) is 1. The highest BCUT2D eigenvalue weighted by atomic mass is 35.5. The molecule has 0 saturated heterocycles. The number of nitro groups is 1. The molecule has 3 aromatic rings. The van der Waals surface area contributed by atoms with Gasteiger partial charge in [0.15, 0.2) is 11.0 Å². The van der Waals surface area contributed by atoms with Crippen LogP contribution in [0.2, 0.25) is 5.02 Å². The van der Waals surface area contributed by atoms with E-state index in [4.69, 9.17) is 11.6 Å². The fraction of sp³-hybridized carbons (Fsp3) is 0.176. The molecule has 144 valence electrons. The van der Waals surface area contributed by atoms with Crippen LogP contribution in [0.25, 0.3) is 11.5 Å². The second-order valence-electron chi connectivity index (χ2n) is 5.52. The maximum atomic E-state index is 12.3. The first-order valence-electron chi connectivity index (χ1n) is 8.20. The van der Waals surface area contributed by atoms with Crippen molar-refractivity contribution in [2.45, 2.75) is 18.6 Å². The number of benzene rings is 1. The van der Waals surface area contributed by atoms with Crippen LogP contribution in [0, 0.1) is 10.1 Å². The Morgan fingerprint density at radius 3 is 2.82 bits per heavy atom. The zero-order valence-corrected chi connectivity index (χ0v) is 16.3. The molecule has 0 spiro atoms. The maximum Gasteiger partial charge on any atom is 0.271 e. The summed E-state index contributed by atoms with van der Waals surface area (Å²) < 4.78 is 1.86. The fourth-order valence-corrected chi connectivity index (χ4v) is 3.37. The van der Waals surface area contributed by atoms with E-state index in [0.29, 0.717) is 23.2 Å². The van der Waals surface area contributed by atoms with Gasteiger partial charge in [-0.05, 0) is 25.1 Å². The van der Waals surface area contributed by atoms with Gasteiger partial charge in [-0.2, -0.15) is 0 Å². The van der Waals surface area contributed by atoms with E-state index in [2.05, 4.69) is 20.5 Å². The number of nitro benzene ring substituents is 1. The van der Waals surface area contributed by atoms with E-state index in [1.807, 2.05) is 29.7 Å². The molecular formula is C17H15ClN6O3S. The van der Waals surface area contributed by atoms with E-state index in [0.717, 1.165) is 0 Å². The number of hydrogen-bond donors (Lipinski definition) is 1. The lowest BCUT2D eigenvalue weighted by atomic mass is 10.3. The van der Waals surface area contributed by atoms with Crippen molar-refractivity contribution in [1.82, 2.24) is 19.7 Å². The van der Waals surface area contributed by atoms with Gasteiger partial charge >= 0.3 is 0 Å². The van der Waals surface area contributed by atoms with Crippen LogP contribution >= 0.6 is 23.4 Å². The molecule has 0 aliphatic carbocycles. The Kier molecular flexibility index (Phi) is 6.22. The minimum Gasteiger partial charge on any atom is -0.324 e. The molecule has 0 aliphatic rings. The lowest BCUT2D eigenvalue weighted by molar-refractivity contribution is -0.384. The first-order chi connectivity index (χ1) is 13.5.